The summed E-state index contributed by atoms with van der Waals surface area (Å²) in [6.07, 6.45) is 0. The molecule has 0 radical (unpaired) electrons. The summed E-state index contributed by atoms with van der Waals surface area (Å²) in [5.41, 5.74) is 1.94. The lowest BCUT2D eigenvalue weighted by Crippen LogP contribution is -2.45. The molecule has 2 fully saturated rings. The number of fused-ring (bicyclic) bond motifs is 10. The Balaban J connectivity index is 1.46. The number of ketones is 1. The average molecular weight is 594 g/mol. The van der Waals surface area contributed by atoms with E-state index < -0.39 is 22.7 Å². The average Bonchev–Trinajstić information content (AvgIpc) is 3.61. The Bertz CT molecular complexity index is 2320. The van der Waals surface area contributed by atoms with Gasteiger partial charge in [0.15, 0.2) is 5.78 Å². The van der Waals surface area contributed by atoms with Crippen LogP contribution in [0.2, 0.25) is 0 Å². The maximum atomic E-state index is 16.0. The number of imide groups is 1. The Morgan fingerprint density at radius 3 is 1.43 bits per heavy atom. The normalized spacial score (nSPS) is 24.9. The third-order valence-corrected chi connectivity index (χ3v) is 11.2. The molecule has 2 aliphatic carbocycles. The summed E-state index contributed by atoms with van der Waals surface area (Å²) < 4.78 is 0. The molecule has 2 amide bonds. The van der Waals surface area contributed by atoms with Crippen LogP contribution in [-0.2, 0) is 25.2 Å². The minimum absolute atomic E-state index is 0.0784. The molecule has 1 heterocycles. The first kappa shape index (κ1) is 25.7. The first-order valence-corrected chi connectivity index (χ1v) is 15.8. The molecule has 7 aromatic rings. The van der Waals surface area contributed by atoms with E-state index >= 15 is 14.4 Å². The lowest BCUT2D eigenvalue weighted by Gasteiger charge is -2.38. The van der Waals surface area contributed by atoms with E-state index in [-0.39, 0.29) is 17.6 Å². The van der Waals surface area contributed by atoms with Gasteiger partial charge in [-0.05, 0) is 73.1 Å². The van der Waals surface area contributed by atoms with Crippen molar-refractivity contribution in [3.63, 3.8) is 0 Å². The van der Waals surface area contributed by atoms with Crippen LogP contribution in [0.25, 0.3) is 32.3 Å². The molecule has 4 heteroatoms. The van der Waals surface area contributed by atoms with Gasteiger partial charge in [0.2, 0.25) is 11.8 Å². The van der Waals surface area contributed by atoms with Gasteiger partial charge in [-0.3, -0.25) is 14.4 Å². The summed E-state index contributed by atoms with van der Waals surface area (Å²) in [5.74, 6) is -2.52. The number of nitrogens with zero attached hydrogens (tertiary/aromatic N) is 1. The second kappa shape index (κ2) is 8.55. The van der Waals surface area contributed by atoms with E-state index in [1.54, 1.807) is 0 Å². The van der Waals surface area contributed by atoms with Gasteiger partial charge in [-0.1, -0.05) is 127 Å². The largest absolute Gasteiger partial charge is 0.297 e. The maximum absolute atomic E-state index is 16.0. The minimum Gasteiger partial charge on any atom is -0.297 e. The molecule has 10 rings (SSSR count). The molecule has 4 nitrogen and oxygen atoms in total. The number of rotatable bonds is 3. The number of benzene rings is 7. The molecule has 1 aliphatic heterocycles. The molecule has 4 atom stereocenters. The van der Waals surface area contributed by atoms with Crippen LogP contribution in [0.4, 0.5) is 5.69 Å². The number of anilines is 1. The van der Waals surface area contributed by atoms with Gasteiger partial charge in [0.05, 0.1) is 28.4 Å². The number of carbonyl (C=O) groups excluding carboxylic acids is 3. The molecule has 46 heavy (non-hydrogen) atoms. The van der Waals surface area contributed by atoms with Gasteiger partial charge >= 0.3 is 0 Å². The van der Waals surface area contributed by atoms with E-state index in [1.165, 1.54) is 4.90 Å². The quantitative estimate of drug-likeness (QED) is 0.155. The van der Waals surface area contributed by atoms with E-state index in [9.17, 15) is 0 Å². The van der Waals surface area contributed by atoms with Crippen molar-refractivity contribution in [1.82, 2.24) is 0 Å². The van der Waals surface area contributed by atoms with Gasteiger partial charge in [0.25, 0.3) is 0 Å². The monoisotopic (exact) mass is 593 g/mol. The molecule has 0 N–H and O–H groups in total. The standard InChI is InChI=1S/C42H27NO3/c1-24-12-8-9-21-31(24)43-38(44)36-37(39(43)45)42(28-17-6-3-7-18-28)35-30-20-11-14-26-23-22-25-13-10-19-29(32(25)33(26)30)34(35)41(36,40(42)46)27-15-4-2-5-16-27/h2-23,36-37H,1H3/t36-,37+,41+,42-. The topological polar surface area (TPSA) is 54.5 Å². The molecule has 7 aromatic carbocycles. The van der Waals surface area contributed by atoms with Crippen molar-refractivity contribution < 1.29 is 14.4 Å². The van der Waals surface area contributed by atoms with Crippen molar-refractivity contribution in [1.29, 1.82) is 0 Å². The number of carbonyl (C=O) groups is 3. The Morgan fingerprint density at radius 1 is 0.500 bits per heavy atom. The van der Waals surface area contributed by atoms with Crippen molar-refractivity contribution in [3.05, 3.63) is 161 Å². The molecule has 0 spiro atoms. The summed E-state index contributed by atoms with van der Waals surface area (Å²) >= 11 is 0. The number of amides is 2. The van der Waals surface area contributed by atoms with Crippen LogP contribution in [0.15, 0.2) is 133 Å². The summed E-state index contributed by atoms with van der Waals surface area (Å²) in [4.78, 5) is 47.6. The van der Waals surface area contributed by atoms with Crippen LogP contribution < -0.4 is 4.90 Å². The van der Waals surface area contributed by atoms with Crippen LogP contribution in [0.1, 0.15) is 27.8 Å². The third kappa shape index (κ3) is 2.65. The van der Waals surface area contributed by atoms with Gasteiger partial charge in [0.1, 0.15) is 0 Å². The van der Waals surface area contributed by atoms with Crippen molar-refractivity contribution in [2.45, 2.75) is 17.8 Å². The SMILES string of the molecule is Cc1ccccc1N1C(=O)[C@@H]2[C@H](C1=O)[C@@]1(c3ccccc3)C(=O)[C@]2(c2ccccc2)c2c1c1cccc3ccc4cccc2c4c31. The van der Waals surface area contributed by atoms with Gasteiger partial charge in [0, 0.05) is 0 Å². The van der Waals surface area contributed by atoms with Crippen molar-refractivity contribution in [2.24, 2.45) is 11.8 Å². The lowest BCUT2D eigenvalue weighted by molar-refractivity contribution is -0.130. The number of hydrogen-bond acceptors (Lipinski definition) is 3. The van der Waals surface area contributed by atoms with Gasteiger partial charge in [-0.25, -0.2) is 4.90 Å². The maximum Gasteiger partial charge on any atom is 0.239 e. The second-order valence-corrected chi connectivity index (χ2v) is 13.1. The fourth-order valence-corrected chi connectivity index (χ4v) is 9.70. The Kier molecular flexibility index (Phi) is 4.78. The molecule has 218 valence electrons. The van der Waals surface area contributed by atoms with E-state index in [0.717, 1.165) is 60.1 Å². The molecule has 1 saturated carbocycles. The highest BCUT2D eigenvalue weighted by atomic mass is 16.2. The van der Waals surface area contributed by atoms with E-state index in [0.29, 0.717) is 5.69 Å². The first-order chi connectivity index (χ1) is 22.5. The highest BCUT2D eigenvalue weighted by Gasteiger charge is 2.82. The number of aryl methyl sites for hydroxylation is 1. The number of para-hydroxylation sites is 1. The first-order valence-electron chi connectivity index (χ1n) is 15.8. The van der Waals surface area contributed by atoms with Crippen molar-refractivity contribution in [2.75, 3.05) is 4.90 Å². The second-order valence-electron chi connectivity index (χ2n) is 13.1. The molecule has 0 aromatic heterocycles. The predicted molar refractivity (Wildman–Crippen MR) is 180 cm³/mol. The fourth-order valence-electron chi connectivity index (χ4n) is 9.70. The van der Waals surface area contributed by atoms with Gasteiger partial charge in [-0.15, -0.1) is 0 Å². The Labute approximate surface area is 265 Å². The number of hydrogen-bond donors (Lipinski definition) is 0. The number of Topliss-reactive ketones (excluding diaryl/α,β-unsaturated/α-hetero) is 1. The lowest BCUT2D eigenvalue weighted by atomic mass is 9.59. The van der Waals surface area contributed by atoms with Crippen LogP contribution in [0, 0.1) is 18.8 Å². The van der Waals surface area contributed by atoms with E-state index in [1.807, 2.05) is 104 Å². The minimum atomic E-state index is -1.37. The van der Waals surface area contributed by atoms with Crippen LogP contribution >= 0.6 is 0 Å². The summed E-state index contributed by atoms with van der Waals surface area (Å²) in [7, 11) is 0. The Morgan fingerprint density at radius 2 is 0.957 bits per heavy atom. The van der Waals surface area contributed by atoms with Crippen LogP contribution in [-0.4, -0.2) is 17.6 Å². The van der Waals surface area contributed by atoms with Crippen molar-refractivity contribution >= 4 is 55.6 Å². The molecular weight excluding hydrogens is 566 g/mol. The van der Waals surface area contributed by atoms with Gasteiger partial charge < -0.3 is 0 Å². The zero-order valence-electron chi connectivity index (χ0n) is 25.0. The molecule has 2 bridgehead atoms. The van der Waals surface area contributed by atoms with Crippen LogP contribution in [0.3, 0.4) is 0 Å². The zero-order chi connectivity index (χ0) is 30.9. The van der Waals surface area contributed by atoms with E-state index in [2.05, 4.69) is 36.4 Å². The molecule has 1 saturated heterocycles. The highest BCUT2D eigenvalue weighted by molar-refractivity contribution is 6.36. The van der Waals surface area contributed by atoms with Gasteiger partial charge in [-0.2, -0.15) is 0 Å². The molecule has 0 unspecified atom stereocenters. The summed E-state index contributed by atoms with van der Waals surface area (Å²) in [6, 6.07) is 43.9. The summed E-state index contributed by atoms with van der Waals surface area (Å²) in [5, 5.41) is 6.31. The zero-order valence-corrected chi connectivity index (χ0v) is 25.0. The molecule has 3 aliphatic rings. The third-order valence-electron chi connectivity index (χ3n) is 11.2. The van der Waals surface area contributed by atoms with E-state index in [4.69, 9.17) is 0 Å². The molecular formula is C42H27NO3. The van der Waals surface area contributed by atoms with Crippen LogP contribution in [0.5, 0.6) is 0 Å². The predicted octanol–water partition coefficient (Wildman–Crippen LogP) is 7.87. The highest BCUT2D eigenvalue weighted by Crippen LogP contribution is 2.73. The fraction of sp³-hybridized carbons (Fsp3) is 0.119. The summed E-state index contributed by atoms with van der Waals surface area (Å²) in [6.45, 7) is 1.92. The smallest absolute Gasteiger partial charge is 0.239 e. The Hall–Kier alpha value is -5.61. The van der Waals surface area contributed by atoms with Crippen molar-refractivity contribution in [3.8, 4) is 0 Å².